The third kappa shape index (κ3) is 5.23. The van der Waals surface area contributed by atoms with Gasteiger partial charge in [0.25, 0.3) is 5.91 Å². The van der Waals surface area contributed by atoms with E-state index in [2.05, 4.69) is 4.90 Å². The number of carbonyl (C=O) groups excluding carboxylic acids is 1. The van der Waals surface area contributed by atoms with Crippen molar-refractivity contribution in [1.82, 2.24) is 9.88 Å². The molecule has 1 fully saturated rings. The third-order valence-electron chi connectivity index (χ3n) is 5.49. The molecule has 5 nitrogen and oxygen atoms in total. The van der Waals surface area contributed by atoms with Crippen molar-refractivity contribution in [2.75, 3.05) is 50.5 Å². The molecule has 31 heavy (non-hydrogen) atoms. The van der Waals surface area contributed by atoms with Crippen LogP contribution in [0.4, 0.5) is 5.13 Å². The van der Waals surface area contributed by atoms with Crippen LogP contribution in [0.2, 0.25) is 5.02 Å². The number of halogens is 1. The molecule has 0 bridgehead atoms. The van der Waals surface area contributed by atoms with Crippen LogP contribution in [0.3, 0.4) is 0 Å². The van der Waals surface area contributed by atoms with Gasteiger partial charge in [0.1, 0.15) is 0 Å². The zero-order valence-electron chi connectivity index (χ0n) is 17.8. The summed E-state index contributed by atoms with van der Waals surface area (Å²) >= 11 is 9.48. The average Bonchev–Trinajstić information content (AvgIpc) is 3.24. The Morgan fingerprint density at radius 2 is 2.10 bits per heavy atom. The van der Waals surface area contributed by atoms with Crippen molar-refractivity contribution >= 4 is 56.0 Å². The number of thiazole rings is 1. The van der Waals surface area contributed by atoms with Crippen LogP contribution in [-0.4, -0.2) is 61.4 Å². The summed E-state index contributed by atoms with van der Waals surface area (Å²) in [5, 5.41) is 1.42. The summed E-state index contributed by atoms with van der Waals surface area (Å²) in [6, 6.07) is 11.7. The Labute approximate surface area is 196 Å². The smallest absolute Gasteiger partial charge is 0.260 e. The molecule has 1 amide bonds. The Morgan fingerprint density at radius 1 is 1.29 bits per heavy atom. The number of ether oxygens (including phenoxy) is 1. The molecule has 3 aromatic rings. The zero-order chi connectivity index (χ0) is 21.8. The van der Waals surface area contributed by atoms with Crippen LogP contribution in [0.1, 0.15) is 22.3 Å². The molecule has 0 atom stereocenters. The predicted molar refractivity (Wildman–Crippen MR) is 131 cm³/mol. The molecule has 2 heterocycles. The lowest BCUT2D eigenvalue weighted by Gasteiger charge is -2.27. The largest absolute Gasteiger partial charge is 0.379 e. The average molecular weight is 476 g/mol. The monoisotopic (exact) mass is 475 g/mol. The van der Waals surface area contributed by atoms with Crippen LogP contribution in [0.15, 0.2) is 41.3 Å². The first-order valence-corrected chi connectivity index (χ1v) is 12.8. The molecule has 4 rings (SSSR count). The number of hydrogen-bond donors (Lipinski definition) is 0. The number of anilines is 1. The molecule has 0 aliphatic carbocycles. The fourth-order valence-corrected chi connectivity index (χ4v) is 5.34. The standard InChI is InChI=1S/C23H26ClN3O2S2/c1-16-19(24)7-8-20-21(16)25-23(31-20)27(10-4-9-26-11-13-29-14-12-26)22(28)17-5-3-6-18(15-17)30-2/h3,5-8,15H,4,9-14H2,1-2H3. The minimum atomic E-state index is -0.0133. The lowest BCUT2D eigenvalue weighted by molar-refractivity contribution is 0.0376. The van der Waals surface area contributed by atoms with E-state index in [-0.39, 0.29) is 5.91 Å². The minimum absolute atomic E-state index is 0.0133. The molecule has 0 N–H and O–H groups in total. The van der Waals surface area contributed by atoms with Gasteiger partial charge in [-0.1, -0.05) is 29.0 Å². The highest BCUT2D eigenvalue weighted by Gasteiger charge is 2.23. The van der Waals surface area contributed by atoms with Crippen LogP contribution >= 0.6 is 34.7 Å². The number of benzene rings is 2. The first-order valence-electron chi connectivity index (χ1n) is 10.4. The predicted octanol–water partition coefficient (Wildman–Crippen LogP) is 5.35. The Hall–Kier alpha value is -1.64. The lowest BCUT2D eigenvalue weighted by atomic mass is 10.2. The van der Waals surface area contributed by atoms with Gasteiger partial charge in [0.2, 0.25) is 0 Å². The molecule has 1 aliphatic heterocycles. The summed E-state index contributed by atoms with van der Waals surface area (Å²) < 4.78 is 6.48. The van der Waals surface area contributed by atoms with Gasteiger partial charge in [-0.2, -0.15) is 0 Å². The SMILES string of the molecule is CSc1cccc(C(=O)N(CCCN2CCOCC2)c2nc3c(C)c(Cl)ccc3s2)c1. The fourth-order valence-electron chi connectivity index (χ4n) is 3.68. The molecule has 0 radical (unpaired) electrons. The first kappa shape index (κ1) is 22.6. The highest BCUT2D eigenvalue weighted by Crippen LogP contribution is 2.34. The molecule has 0 saturated carbocycles. The molecule has 0 unspecified atom stereocenters. The van der Waals surface area contributed by atoms with Gasteiger partial charge >= 0.3 is 0 Å². The maximum Gasteiger partial charge on any atom is 0.260 e. The first-order chi connectivity index (χ1) is 15.1. The van der Waals surface area contributed by atoms with Crippen LogP contribution in [0.5, 0.6) is 0 Å². The Morgan fingerprint density at radius 3 is 2.87 bits per heavy atom. The van der Waals surface area contributed by atoms with Crippen molar-refractivity contribution in [3.63, 3.8) is 0 Å². The molecule has 1 aromatic heterocycles. The van der Waals surface area contributed by atoms with Crippen LogP contribution in [0.25, 0.3) is 10.2 Å². The molecular weight excluding hydrogens is 450 g/mol. The van der Waals surface area contributed by atoms with E-state index in [0.717, 1.165) is 65.1 Å². The molecule has 0 spiro atoms. The zero-order valence-corrected chi connectivity index (χ0v) is 20.2. The highest BCUT2D eigenvalue weighted by molar-refractivity contribution is 7.98. The number of rotatable bonds is 7. The van der Waals surface area contributed by atoms with E-state index >= 15 is 0 Å². The highest BCUT2D eigenvalue weighted by atomic mass is 35.5. The van der Waals surface area contributed by atoms with Crippen molar-refractivity contribution < 1.29 is 9.53 Å². The van der Waals surface area contributed by atoms with Gasteiger partial charge in [-0.25, -0.2) is 4.98 Å². The van der Waals surface area contributed by atoms with E-state index in [1.54, 1.807) is 23.1 Å². The second-order valence-electron chi connectivity index (χ2n) is 7.51. The molecule has 1 saturated heterocycles. The number of aryl methyl sites for hydroxylation is 1. The Bertz CT molecular complexity index is 1070. The third-order valence-corrected chi connectivity index (χ3v) is 7.67. The number of carbonyl (C=O) groups is 1. The number of thioether (sulfide) groups is 1. The van der Waals surface area contributed by atoms with Crippen molar-refractivity contribution in [3.05, 3.63) is 52.5 Å². The van der Waals surface area contributed by atoms with Gasteiger partial charge in [-0.05, 0) is 55.5 Å². The normalized spacial score (nSPS) is 14.8. The van der Waals surface area contributed by atoms with Gasteiger partial charge < -0.3 is 4.74 Å². The number of hydrogen-bond acceptors (Lipinski definition) is 6. The van der Waals surface area contributed by atoms with Gasteiger partial charge in [0.05, 0.1) is 23.4 Å². The van der Waals surface area contributed by atoms with E-state index in [0.29, 0.717) is 17.1 Å². The number of fused-ring (bicyclic) bond motifs is 1. The summed E-state index contributed by atoms with van der Waals surface area (Å²) in [4.78, 5) is 23.7. The molecule has 1 aliphatic rings. The number of aromatic nitrogens is 1. The second-order valence-corrected chi connectivity index (χ2v) is 9.81. The van der Waals surface area contributed by atoms with E-state index < -0.39 is 0 Å². The summed E-state index contributed by atoms with van der Waals surface area (Å²) in [7, 11) is 0. The van der Waals surface area contributed by atoms with Crippen molar-refractivity contribution in [2.24, 2.45) is 0 Å². The van der Waals surface area contributed by atoms with Gasteiger partial charge in [-0.15, -0.1) is 11.8 Å². The molecule has 2 aromatic carbocycles. The summed E-state index contributed by atoms with van der Waals surface area (Å²) in [5.74, 6) is -0.0133. The number of morpholine rings is 1. The van der Waals surface area contributed by atoms with E-state index in [1.807, 2.05) is 54.5 Å². The van der Waals surface area contributed by atoms with Gasteiger partial charge in [0.15, 0.2) is 5.13 Å². The van der Waals surface area contributed by atoms with E-state index in [4.69, 9.17) is 21.3 Å². The molecule has 8 heteroatoms. The summed E-state index contributed by atoms with van der Waals surface area (Å²) in [5.41, 5.74) is 2.51. The fraction of sp³-hybridized carbons (Fsp3) is 0.391. The quantitative estimate of drug-likeness (QED) is 0.431. The molecule has 164 valence electrons. The second kappa shape index (κ2) is 10.3. The van der Waals surface area contributed by atoms with Gasteiger partial charge in [0, 0.05) is 41.7 Å². The Kier molecular flexibility index (Phi) is 7.51. The maximum absolute atomic E-state index is 13.5. The summed E-state index contributed by atoms with van der Waals surface area (Å²) in [6.07, 6.45) is 2.90. The number of nitrogens with zero attached hydrogens (tertiary/aromatic N) is 3. The van der Waals surface area contributed by atoms with Crippen LogP contribution in [0, 0.1) is 6.92 Å². The van der Waals surface area contributed by atoms with Crippen LogP contribution < -0.4 is 4.90 Å². The molecular formula is C23H26ClN3O2S2. The summed E-state index contributed by atoms with van der Waals surface area (Å²) in [6.45, 7) is 6.98. The van der Waals surface area contributed by atoms with Crippen molar-refractivity contribution in [2.45, 2.75) is 18.2 Å². The topological polar surface area (TPSA) is 45.7 Å². The van der Waals surface area contributed by atoms with Crippen molar-refractivity contribution in [3.8, 4) is 0 Å². The van der Waals surface area contributed by atoms with Crippen LogP contribution in [-0.2, 0) is 4.74 Å². The Balaban J connectivity index is 1.61. The van der Waals surface area contributed by atoms with E-state index in [1.165, 1.54) is 0 Å². The minimum Gasteiger partial charge on any atom is -0.379 e. The van der Waals surface area contributed by atoms with Crippen molar-refractivity contribution in [1.29, 1.82) is 0 Å². The number of amides is 1. The lowest BCUT2D eigenvalue weighted by Crippen LogP contribution is -2.39. The van der Waals surface area contributed by atoms with E-state index in [9.17, 15) is 4.79 Å². The maximum atomic E-state index is 13.5. The van der Waals surface area contributed by atoms with Gasteiger partial charge in [-0.3, -0.25) is 14.6 Å².